The van der Waals surface area contributed by atoms with Gasteiger partial charge in [-0.25, -0.2) is 0 Å². The van der Waals surface area contributed by atoms with Crippen molar-refractivity contribution in [3.63, 3.8) is 0 Å². The molecule has 0 fully saturated rings. The first-order valence-electron chi connectivity index (χ1n) is 7.11. The second-order valence-electron chi connectivity index (χ2n) is 5.20. The molecule has 0 atom stereocenters. The van der Waals surface area contributed by atoms with Crippen molar-refractivity contribution < 1.29 is 23.0 Å². The van der Waals surface area contributed by atoms with Crippen molar-refractivity contribution in [3.05, 3.63) is 31.9 Å². The number of hydrogen-bond acceptors (Lipinski definition) is 7. The molecule has 26 heavy (non-hydrogen) atoms. The second-order valence-corrected chi connectivity index (χ2v) is 6.84. The monoisotopic (exact) mass is 412 g/mol. The van der Waals surface area contributed by atoms with Crippen molar-refractivity contribution in [2.75, 3.05) is 26.0 Å². The molecule has 1 N–H and O–H groups in total. The molecule has 13 heteroatoms. The van der Waals surface area contributed by atoms with Crippen molar-refractivity contribution in [3.8, 4) is 0 Å². The maximum absolute atomic E-state index is 13.4. The quantitative estimate of drug-likeness (QED) is 0.320. The highest BCUT2D eigenvalue weighted by Gasteiger charge is 2.43. The Labute approximate surface area is 156 Å². The molecule has 0 aromatic heterocycles. The molecule has 0 heterocycles. The Balaban J connectivity index is 3.88. The van der Waals surface area contributed by atoms with Gasteiger partial charge in [-0.15, -0.1) is 0 Å². The molecule has 1 aromatic carbocycles. The van der Waals surface area contributed by atoms with Gasteiger partial charge in [0.25, 0.3) is 5.69 Å². The highest BCUT2D eigenvalue weighted by molar-refractivity contribution is 8.23. The minimum absolute atomic E-state index is 0.0612. The summed E-state index contributed by atoms with van der Waals surface area (Å²) in [7, 11) is 2.94. The van der Waals surface area contributed by atoms with Crippen molar-refractivity contribution in [1.82, 2.24) is 4.90 Å². The molecule has 0 radical (unpaired) electrons. The van der Waals surface area contributed by atoms with E-state index in [1.807, 2.05) is 0 Å². The van der Waals surface area contributed by atoms with Gasteiger partial charge in [0.15, 0.2) is 5.69 Å². The van der Waals surface area contributed by atoms with Crippen LogP contribution >= 0.6 is 24.0 Å². The summed E-state index contributed by atoms with van der Waals surface area (Å²) >= 11 is 5.31. The Morgan fingerprint density at radius 2 is 1.88 bits per heavy atom. The van der Waals surface area contributed by atoms with E-state index in [4.69, 9.17) is 12.2 Å². The zero-order valence-corrected chi connectivity index (χ0v) is 15.5. The van der Waals surface area contributed by atoms with E-state index in [2.05, 4.69) is 5.32 Å². The van der Waals surface area contributed by atoms with Gasteiger partial charge in [0.1, 0.15) is 9.22 Å². The standard InChI is InChI=1S/C13H15F3N4O4S2/c1-4-5-17-9-8(19(21)22)6-7(13(14,15)16)11(10(9)20(23)24)26-12(25)18(2)3/h6,17H,4-5H2,1-3H3. The van der Waals surface area contributed by atoms with E-state index in [-0.39, 0.29) is 10.9 Å². The molecule has 144 valence electrons. The molecule has 0 aliphatic carbocycles. The molecule has 0 spiro atoms. The molecule has 8 nitrogen and oxygen atoms in total. The van der Waals surface area contributed by atoms with Gasteiger partial charge in [0.05, 0.1) is 15.4 Å². The predicted octanol–water partition coefficient (Wildman–Crippen LogP) is 4.28. The summed E-state index contributed by atoms with van der Waals surface area (Å²) < 4.78 is 40.2. The van der Waals surface area contributed by atoms with Gasteiger partial charge in [-0.1, -0.05) is 30.9 Å². The van der Waals surface area contributed by atoms with Gasteiger partial charge in [-0.05, 0) is 6.42 Å². The van der Waals surface area contributed by atoms with E-state index in [1.54, 1.807) is 6.92 Å². The fourth-order valence-corrected chi connectivity index (χ4v) is 3.04. The average Bonchev–Trinajstić information content (AvgIpc) is 2.50. The number of benzene rings is 1. The number of nitrogens with zero attached hydrogens (tertiary/aromatic N) is 3. The number of thioether (sulfide) groups is 1. The van der Waals surface area contributed by atoms with Crippen LogP contribution in [0.1, 0.15) is 18.9 Å². The molecular weight excluding hydrogens is 397 g/mol. The predicted molar refractivity (Wildman–Crippen MR) is 95.7 cm³/mol. The first-order chi connectivity index (χ1) is 11.9. The first kappa shape index (κ1) is 21.9. The van der Waals surface area contributed by atoms with Crippen LogP contribution in [0.2, 0.25) is 0 Å². The minimum Gasteiger partial charge on any atom is -0.374 e. The van der Waals surface area contributed by atoms with Crippen LogP contribution in [-0.4, -0.2) is 39.7 Å². The van der Waals surface area contributed by atoms with Gasteiger partial charge in [0, 0.05) is 26.7 Å². The Kier molecular flexibility index (Phi) is 7.15. The third kappa shape index (κ3) is 4.94. The number of nitro groups is 2. The van der Waals surface area contributed by atoms with E-state index in [9.17, 15) is 33.4 Å². The SMILES string of the molecule is CCCNc1c([N+](=O)[O-])cc(C(F)(F)F)c(SC(=S)N(C)C)c1[N+](=O)[O-]. The molecule has 0 saturated carbocycles. The summed E-state index contributed by atoms with van der Waals surface area (Å²) in [4.78, 5) is 21.1. The summed E-state index contributed by atoms with van der Waals surface area (Å²) in [6.07, 6.45) is -4.59. The smallest absolute Gasteiger partial charge is 0.374 e. The molecule has 0 aliphatic rings. The first-order valence-corrected chi connectivity index (χ1v) is 8.34. The lowest BCUT2D eigenvalue weighted by molar-refractivity contribution is -0.394. The maximum atomic E-state index is 13.4. The third-order valence-corrected chi connectivity index (χ3v) is 4.80. The molecule has 0 aliphatic heterocycles. The Hall–Kier alpha value is -2.15. The zero-order chi connectivity index (χ0) is 20.2. The lowest BCUT2D eigenvalue weighted by Gasteiger charge is -2.18. The van der Waals surface area contributed by atoms with E-state index in [0.29, 0.717) is 24.2 Å². The topological polar surface area (TPSA) is 102 Å². The van der Waals surface area contributed by atoms with E-state index < -0.39 is 43.5 Å². The highest BCUT2D eigenvalue weighted by Crippen LogP contribution is 2.49. The largest absolute Gasteiger partial charge is 0.418 e. The summed E-state index contributed by atoms with van der Waals surface area (Å²) in [6.45, 7) is 1.81. The Bertz CT molecular complexity index is 741. The fraction of sp³-hybridized carbons (Fsp3) is 0.462. The second kappa shape index (κ2) is 8.49. The van der Waals surface area contributed by atoms with Crippen LogP contribution in [0.5, 0.6) is 0 Å². The fourth-order valence-electron chi connectivity index (χ4n) is 1.87. The summed E-state index contributed by atoms with van der Waals surface area (Å²) in [6, 6.07) is 0.297. The average molecular weight is 412 g/mol. The Morgan fingerprint density at radius 1 is 1.31 bits per heavy atom. The normalized spacial score (nSPS) is 11.2. The maximum Gasteiger partial charge on any atom is 0.418 e. The number of hydrogen-bond donors (Lipinski definition) is 1. The molecule has 0 amide bonds. The Morgan fingerprint density at radius 3 is 2.27 bits per heavy atom. The van der Waals surface area contributed by atoms with Crippen molar-refractivity contribution in [1.29, 1.82) is 0 Å². The lowest BCUT2D eigenvalue weighted by Crippen LogP contribution is -2.18. The van der Waals surface area contributed by atoms with Gasteiger partial charge in [-0.3, -0.25) is 20.2 Å². The van der Waals surface area contributed by atoms with E-state index in [1.165, 1.54) is 19.0 Å². The highest BCUT2D eigenvalue weighted by atomic mass is 32.2. The van der Waals surface area contributed by atoms with Crippen LogP contribution in [0.15, 0.2) is 11.0 Å². The van der Waals surface area contributed by atoms with E-state index >= 15 is 0 Å². The molecular formula is C13H15F3N4O4S2. The number of alkyl halides is 3. The number of thiocarbonyl (C=S) groups is 1. The van der Waals surface area contributed by atoms with Gasteiger partial charge in [-0.2, -0.15) is 13.2 Å². The molecule has 0 bridgehead atoms. The minimum atomic E-state index is -5.04. The summed E-state index contributed by atoms with van der Waals surface area (Å²) in [5, 5.41) is 25.2. The van der Waals surface area contributed by atoms with Crippen LogP contribution < -0.4 is 5.32 Å². The molecule has 1 rings (SSSR count). The van der Waals surface area contributed by atoms with Crippen molar-refractivity contribution in [2.24, 2.45) is 0 Å². The van der Waals surface area contributed by atoms with Crippen LogP contribution in [0.25, 0.3) is 0 Å². The zero-order valence-electron chi connectivity index (χ0n) is 13.9. The van der Waals surface area contributed by atoms with Crippen LogP contribution in [-0.2, 0) is 6.18 Å². The number of nitro benzene ring substituents is 2. The number of rotatable bonds is 6. The van der Waals surface area contributed by atoms with Gasteiger partial charge >= 0.3 is 11.9 Å². The van der Waals surface area contributed by atoms with Gasteiger partial charge in [0.2, 0.25) is 0 Å². The number of nitrogens with one attached hydrogen (secondary N) is 1. The number of halogens is 3. The van der Waals surface area contributed by atoms with E-state index in [0.717, 1.165) is 0 Å². The summed E-state index contributed by atoms with van der Waals surface area (Å²) in [5.41, 5.74) is -4.09. The number of anilines is 1. The summed E-state index contributed by atoms with van der Waals surface area (Å²) in [5.74, 6) is 0. The lowest BCUT2D eigenvalue weighted by atomic mass is 10.1. The van der Waals surface area contributed by atoms with Crippen LogP contribution in [0.3, 0.4) is 0 Å². The molecule has 0 saturated heterocycles. The molecule has 0 unspecified atom stereocenters. The molecule has 1 aromatic rings. The van der Waals surface area contributed by atoms with Crippen molar-refractivity contribution >= 4 is 45.4 Å². The van der Waals surface area contributed by atoms with Crippen molar-refractivity contribution in [2.45, 2.75) is 24.4 Å². The third-order valence-electron chi connectivity index (χ3n) is 3.02. The van der Waals surface area contributed by atoms with Gasteiger partial charge < -0.3 is 10.2 Å². The van der Waals surface area contributed by atoms with Crippen LogP contribution in [0, 0.1) is 20.2 Å². The van der Waals surface area contributed by atoms with Crippen LogP contribution in [0.4, 0.5) is 30.2 Å².